The van der Waals surface area contributed by atoms with Crippen LogP contribution in [-0.2, 0) is 4.74 Å². The molecule has 1 unspecified atom stereocenters. The van der Waals surface area contributed by atoms with E-state index in [4.69, 9.17) is 4.74 Å². The minimum atomic E-state index is -4.50. The summed E-state index contributed by atoms with van der Waals surface area (Å²) in [4.78, 5) is 4.64. The van der Waals surface area contributed by atoms with E-state index in [-0.39, 0.29) is 11.5 Å². The maximum absolute atomic E-state index is 13.3. The number of rotatable bonds is 5. The Morgan fingerprint density at radius 3 is 2.46 bits per heavy atom. The first-order valence-electron chi connectivity index (χ1n) is 7.21. The highest BCUT2D eigenvalue weighted by molar-refractivity contribution is 7.97. The number of benzene rings is 1. The molecule has 1 aromatic heterocycles. The molecule has 2 aromatic rings. The lowest BCUT2D eigenvalue weighted by atomic mass is 10.00. The zero-order chi connectivity index (χ0) is 17.2. The Morgan fingerprint density at radius 2 is 1.88 bits per heavy atom. The molecule has 1 N–H and O–H groups in total. The van der Waals surface area contributed by atoms with E-state index in [9.17, 15) is 17.6 Å². The Labute approximate surface area is 140 Å². The molecule has 1 aromatic carbocycles. The number of alkyl halides is 3. The van der Waals surface area contributed by atoms with Crippen LogP contribution in [0.5, 0.6) is 0 Å². The fraction of sp³-hybridized carbons (Fsp3) is 0.312. The Morgan fingerprint density at radius 1 is 1.17 bits per heavy atom. The number of ether oxygens (including phenoxy) is 1. The fourth-order valence-electron chi connectivity index (χ4n) is 2.25. The van der Waals surface area contributed by atoms with Crippen molar-refractivity contribution in [1.82, 2.24) is 9.71 Å². The largest absolute Gasteiger partial charge is 0.408 e. The van der Waals surface area contributed by atoms with Gasteiger partial charge >= 0.3 is 6.18 Å². The summed E-state index contributed by atoms with van der Waals surface area (Å²) >= 11 is 0.854. The summed E-state index contributed by atoms with van der Waals surface area (Å²) in [7, 11) is 0. The van der Waals surface area contributed by atoms with E-state index in [1.807, 2.05) is 0 Å². The van der Waals surface area contributed by atoms with E-state index in [0.717, 1.165) is 41.8 Å². The third-order valence-corrected chi connectivity index (χ3v) is 4.48. The summed E-state index contributed by atoms with van der Waals surface area (Å²) in [5.74, 6) is -0.333. The third-order valence-electron chi connectivity index (χ3n) is 3.67. The standard InChI is InChI=1S/C16H14F4N2OS/c17-13-3-1-10(2-4-13)15(16(18,19)20)22-24-14-5-11(6-21-7-14)12-8-23-9-12/h1-7,12,15,22H,8-9H2. The molecule has 3 rings (SSSR count). The van der Waals surface area contributed by atoms with Crippen molar-refractivity contribution in [3.05, 3.63) is 59.7 Å². The zero-order valence-corrected chi connectivity index (χ0v) is 13.2. The lowest BCUT2D eigenvalue weighted by Crippen LogP contribution is -2.30. The summed E-state index contributed by atoms with van der Waals surface area (Å²) in [5.41, 5.74) is 0.895. The maximum Gasteiger partial charge on any atom is 0.408 e. The van der Waals surface area contributed by atoms with Gasteiger partial charge in [-0.3, -0.25) is 4.98 Å². The number of pyridine rings is 1. The predicted octanol–water partition coefficient (Wildman–Crippen LogP) is 4.23. The minimum absolute atomic E-state index is 0.0482. The molecule has 8 heteroatoms. The number of aromatic nitrogens is 1. The van der Waals surface area contributed by atoms with Gasteiger partial charge in [0.05, 0.1) is 13.2 Å². The minimum Gasteiger partial charge on any atom is -0.380 e. The lowest BCUT2D eigenvalue weighted by Gasteiger charge is -2.26. The summed E-state index contributed by atoms with van der Waals surface area (Å²) in [6.45, 7) is 1.20. The third kappa shape index (κ3) is 4.06. The molecule has 1 atom stereocenters. The van der Waals surface area contributed by atoms with Crippen LogP contribution in [0.1, 0.15) is 23.1 Å². The average Bonchev–Trinajstić information content (AvgIpc) is 2.47. The summed E-state index contributed by atoms with van der Waals surface area (Å²) in [5, 5.41) is 0. The first-order valence-corrected chi connectivity index (χ1v) is 8.02. The predicted molar refractivity (Wildman–Crippen MR) is 82.0 cm³/mol. The van der Waals surface area contributed by atoms with Gasteiger partial charge < -0.3 is 4.74 Å². The van der Waals surface area contributed by atoms with Crippen LogP contribution in [0, 0.1) is 5.82 Å². The molecular weight excluding hydrogens is 344 g/mol. The van der Waals surface area contributed by atoms with E-state index in [0.29, 0.717) is 18.1 Å². The fourth-order valence-corrected chi connectivity index (χ4v) is 3.08. The van der Waals surface area contributed by atoms with Crippen LogP contribution < -0.4 is 4.72 Å². The molecule has 0 saturated carbocycles. The van der Waals surface area contributed by atoms with Crippen molar-refractivity contribution in [1.29, 1.82) is 0 Å². The average molecular weight is 358 g/mol. The Hall–Kier alpha value is -1.64. The van der Waals surface area contributed by atoms with Gasteiger partial charge in [-0.2, -0.15) is 13.2 Å². The Kier molecular flexibility index (Phi) is 5.07. The van der Waals surface area contributed by atoms with Crippen molar-refractivity contribution >= 4 is 11.9 Å². The molecule has 0 bridgehead atoms. The molecule has 0 aliphatic carbocycles. The Bertz CT molecular complexity index is 689. The number of nitrogens with one attached hydrogen (secondary N) is 1. The van der Waals surface area contributed by atoms with Crippen molar-refractivity contribution in [3.8, 4) is 0 Å². The molecular formula is C16H14F4N2OS. The topological polar surface area (TPSA) is 34.2 Å². The van der Waals surface area contributed by atoms with Gasteiger partial charge in [-0.05, 0) is 41.3 Å². The highest BCUT2D eigenvalue weighted by Crippen LogP contribution is 2.35. The van der Waals surface area contributed by atoms with Crippen molar-refractivity contribution < 1.29 is 22.3 Å². The number of halogens is 4. The van der Waals surface area contributed by atoms with Crippen LogP contribution in [0.3, 0.4) is 0 Å². The van der Waals surface area contributed by atoms with Crippen molar-refractivity contribution in [2.24, 2.45) is 0 Å². The van der Waals surface area contributed by atoms with Gasteiger partial charge in [0.2, 0.25) is 0 Å². The van der Waals surface area contributed by atoms with Crippen LogP contribution in [0.25, 0.3) is 0 Å². The second-order valence-corrected chi connectivity index (χ2v) is 6.35. The van der Waals surface area contributed by atoms with Crippen molar-refractivity contribution in [2.45, 2.75) is 23.0 Å². The number of hydrogen-bond acceptors (Lipinski definition) is 4. The molecule has 3 nitrogen and oxygen atoms in total. The van der Waals surface area contributed by atoms with Crippen LogP contribution >= 0.6 is 11.9 Å². The van der Waals surface area contributed by atoms with E-state index in [1.54, 1.807) is 12.3 Å². The van der Waals surface area contributed by atoms with Crippen LogP contribution in [0.4, 0.5) is 17.6 Å². The van der Waals surface area contributed by atoms with Gasteiger partial charge in [0, 0.05) is 23.2 Å². The molecule has 128 valence electrons. The first-order chi connectivity index (χ1) is 11.4. The zero-order valence-electron chi connectivity index (χ0n) is 12.4. The monoisotopic (exact) mass is 358 g/mol. The normalized spacial score (nSPS) is 16.7. The summed E-state index contributed by atoms with van der Waals surface area (Å²) in [6.07, 6.45) is -1.31. The van der Waals surface area contributed by atoms with E-state index >= 15 is 0 Å². The molecule has 24 heavy (non-hydrogen) atoms. The molecule has 1 saturated heterocycles. The Balaban J connectivity index is 1.73. The molecule has 0 radical (unpaired) electrons. The summed E-state index contributed by atoms with van der Waals surface area (Å²) in [6, 6.07) is 4.18. The second kappa shape index (κ2) is 7.08. The maximum atomic E-state index is 13.3. The first kappa shape index (κ1) is 17.2. The van der Waals surface area contributed by atoms with Gasteiger partial charge in [-0.25, -0.2) is 9.11 Å². The van der Waals surface area contributed by atoms with Gasteiger partial charge in [0.15, 0.2) is 0 Å². The smallest absolute Gasteiger partial charge is 0.380 e. The van der Waals surface area contributed by atoms with Crippen LogP contribution in [-0.4, -0.2) is 24.4 Å². The lowest BCUT2D eigenvalue weighted by molar-refractivity contribution is -0.152. The van der Waals surface area contributed by atoms with Crippen molar-refractivity contribution in [3.63, 3.8) is 0 Å². The SMILES string of the molecule is Fc1ccc(C(NSc2cncc(C3COC3)c2)C(F)(F)F)cc1. The van der Waals surface area contributed by atoms with E-state index in [2.05, 4.69) is 9.71 Å². The highest BCUT2D eigenvalue weighted by atomic mass is 32.2. The van der Waals surface area contributed by atoms with Gasteiger partial charge in [0.25, 0.3) is 0 Å². The van der Waals surface area contributed by atoms with E-state index in [1.165, 1.54) is 6.20 Å². The number of nitrogens with zero attached hydrogens (tertiary/aromatic N) is 1. The molecule has 1 aliphatic rings. The van der Waals surface area contributed by atoms with Crippen molar-refractivity contribution in [2.75, 3.05) is 13.2 Å². The molecule has 2 heterocycles. The molecule has 1 aliphatic heterocycles. The second-order valence-electron chi connectivity index (χ2n) is 5.43. The quantitative estimate of drug-likeness (QED) is 0.641. The summed E-state index contributed by atoms with van der Waals surface area (Å²) < 4.78 is 60.3. The molecule has 1 fully saturated rings. The van der Waals surface area contributed by atoms with Crippen LogP contribution in [0.2, 0.25) is 0 Å². The van der Waals surface area contributed by atoms with Gasteiger partial charge in [0.1, 0.15) is 11.9 Å². The molecule has 0 spiro atoms. The van der Waals surface area contributed by atoms with Crippen LogP contribution in [0.15, 0.2) is 47.6 Å². The highest BCUT2D eigenvalue weighted by Gasteiger charge is 2.40. The molecule has 0 amide bonds. The van der Waals surface area contributed by atoms with Gasteiger partial charge in [-0.1, -0.05) is 12.1 Å². The van der Waals surface area contributed by atoms with Gasteiger partial charge in [-0.15, -0.1) is 0 Å². The van der Waals surface area contributed by atoms with E-state index < -0.39 is 18.0 Å². The number of hydrogen-bond donors (Lipinski definition) is 1.